The van der Waals surface area contributed by atoms with Gasteiger partial charge in [-0.1, -0.05) is 12.8 Å². The number of ether oxygens (including phenoxy) is 1. The number of pyridine rings is 1. The van der Waals surface area contributed by atoms with Gasteiger partial charge in [-0.15, -0.1) is 0 Å². The first-order valence-corrected chi connectivity index (χ1v) is 5.85. The van der Waals surface area contributed by atoms with Gasteiger partial charge in [0.05, 0.1) is 6.10 Å². The van der Waals surface area contributed by atoms with E-state index in [1.165, 1.54) is 0 Å². The number of aliphatic hydroxyl groups is 1. The predicted octanol–water partition coefficient (Wildman–Crippen LogP) is 2.17. The molecule has 1 aliphatic rings. The summed E-state index contributed by atoms with van der Waals surface area (Å²) in [7, 11) is 1.67. The number of aryl methyl sites for hydroxylation is 1. The van der Waals surface area contributed by atoms with Crippen LogP contribution in [0.5, 0.6) is 0 Å². The zero-order chi connectivity index (χ0) is 11.6. The van der Waals surface area contributed by atoms with E-state index in [4.69, 9.17) is 4.74 Å². The highest BCUT2D eigenvalue weighted by molar-refractivity contribution is 5.29. The molecule has 16 heavy (non-hydrogen) atoms. The Hall–Kier alpha value is -0.930. The van der Waals surface area contributed by atoms with Crippen LogP contribution in [-0.4, -0.2) is 23.3 Å². The van der Waals surface area contributed by atoms with Crippen molar-refractivity contribution in [3.63, 3.8) is 0 Å². The number of nitrogens with zero attached hydrogens (tertiary/aromatic N) is 1. The zero-order valence-corrected chi connectivity index (χ0v) is 9.94. The summed E-state index contributed by atoms with van der Waals surface area (Å²) in [5.74, 6) is 0. The van der Waals surface area contributed by atoms with E-state index in [2.05, 4.69) is 4.98 Å². The van der Waals surface area contributed by atoms with Gasteiger partial charge in [-0.05, 0) is 31.4 Å². The highest BCUT2D eigenvalue weighted by Crippen LogP contribution is 2.39. The lowest BCUT2D eigenvalue weighted by Crippen LogP contribution is -2.43. The van der Waals surface area contributed by atoms with Crippen LogP contribution in [-0.2, 0) is 10.3 Å². The molecule has 0 saturated heterocycles. The molecule has 1 heterocycles. The van der Waals surface area contributed by atoms with Crippen molar-refractivity contribution in [2.75, 3.05) is 7.11 Å². The van der Waals surface area contributed by atoms with Crippen LogP contribution in [0.15, 0.2) is 18.5 Å². The van der Waals surface area contributed by atoms with Gasteiger partial charge in [-0.3, -0.25) is 4.98 Å². The van der Waals surface area contributed by atoms with Crippen molar-refractivity contribution in [2.24, 2.45) is 0 Å². The first-order valence-electron chi connectivity index (χ1n) is 5.85. The van der Waals surface area contributed by atoms with Crippen molar-refractivity contribution in [1.82, 2.24) is 4.98 Å². The first kappa shape index (κ1) is 11.6. The molecule has 0 spiro atoms. The van der Waals surface area contributed by atoms with E-state index in [-0.39, 0.29) is 6.10 Å². The van der Waals surface area contributed by atoms with Gasteiger partial charge in [-0.2, -0.15) is 0 Å². The summed E-state index contributed by atoms with van der Waals surface area (Å²) in [6.07, 6.45) is 7.27. The van der Waals surface area contributed by atoms with E-state index in [0.717, 1.165) is 36.8 Å². The van der Waals surface area contributed by atoms with E-state index in [9.17, 15) is 5.11 Å². The van der Waals surface area contributed by atoms with Gasteiger partial charge in [0.1, 0.15) is 5.60 Å². The molecule has 0 radical (unpaired) electrons. The minimum absolute atomic E-state index is 0.107. The summed E-state index contributed by atoms with van der Waals surface area (Å²) in [6.45, 7) is 2.01. The first-order chi connectivity index (χ1) is 7.68. The Morgan fingerprint density at radius 2 is 2.31 bits per heavy atom. The fourth-order valence-electron chi connectivity index (χ4n) is 2.66. The summed E-state index contributed by atoms with van der Waals surface area (Å²) in [4.78, 5) is 4.12. The van der Waals surface area contributed by atoms with Crippen LogP contribution in [0.25, 0.3) is 0 Å². The molecule has 1 N–H and O–H groups in total. The predicted molar refractivity (Wildman–Crippen MR) is 62.1 cm³/mol. The van der Waals surface area contributed by atoms with Crippen LogP contribution in [0.4, 0.5) is 0 Å². The Balaban J connectivity index is 2.39. The summed E-state index contributed by atoms with van der Waals surface area (Å²) >= 11 is 0. The lowest BCUT2D eigenvalue weighted by Gasteiger charge is -2.39. The molecule has 1 aliphatic carbocycles. The Bertz CT molecular complexity index is 367. The summed E-state index contributed by atoms with van der Waals surface area (Å²) in [5, 5.41) is 10.8. The maximum absolute atomic E-state index is 10.8. The average molecular weight is 221 g/mol. The molecule has 3 nitrogen and oxygen atoms in total. The van der Waals surface area contributed by atoms with Gasteiger partial charge < -0.3 is 9.84 Å². The second-order valence-corrected chi connectivity index (χ2v) is 4.58. The number of rotatable bonds is 2. The van der Waals surface area contributed by atoms with Crippen molar-refractivity contribution in [3.8, 4) is 0 Å². The molecule has 1 aromatic heterocycles. The molecular weight excluding hydrogens is 202 g/mol. The topological polar surface area (TPSA) is 42.4 Å². The number of methoxy groups -OCH3 is 1. The Labute approximate surface area is 96.5 Å². The van der Waals surface area contributed by atoms with Crippen LogP contribution in [0.2, 0.25) is 0 Å². The molecule has 0 aliphatic heterocycles. The van der Waals surface area contributed by atoms with Crippen LogP contribution in [0, 0.1) is 6.92 Å². The van der Waals surface area contributed by atoms with Gasteiger partial charge in [-0.25, -0.2) is 0 Å². The second-order valence-electron chi connectivity index (χ2n) is 4.58. The van der Waals surface area contributed by atoms with Gasteiger partial charge in [0, 0.05) is 25.1 Å². The molecule has 0 bridgehead atoms. The van der Waals surface area contributed by atoms with Gasteiger partial charge in [0.2, 0.25) is 0 Å². The molecule has 2 unspecified atom stereocenters. The zero-order valence-electron chi connectivity index (χ0n) is 9.94. The SMILES string of the molecule is COC1CCCCC1(O)c1cnccc1C. The average Bonchev–Trinajstić information content (AvgIpc) is 2.30. The second kappa shape index (κ2) is 4.52. The summed E-state index contributed by atoms with van der Waals surface area (Å²) in [6, 6.07) is 1.94. The van der Waals surface area contributed by atoms with E-state index in [1.54, 1.807) is 19.5 Å². The van der Waals surface area contributed by atoms with Crippen LogP contribution < -0.4 is 0 Å². The normalized spacial score (nSPS) is 30.3. The van der Waals surface area contributed by atoms with E-state index in [0.29, 0.717) is 0 Å². The quantitative estimate of drug-likeness (QED) is 0.832. The number of hydrogen-bond acceptors (Lipinski definition) is 3. The smallest absolute Gasteiger partial charge is 0.117 e. The molecule has 1 fully saturated rings. The summed E-state index contributed by atoms with van der Waals surface area (Å²) < 4.78 is 5.44. The van der Waals surface area contributed by atoms with Crippen molar-refractivity contribution in [1.29, 1.82) is 0 Å². The van der Waals surface area contributed by atoms with Crippen LogP contribution in [0.3, 0.4) is 0 Å². The molecule has 88 valence electrons. The fourth-order valence-corrected chi connectivity index (χ4v) is 2.66. The molecule has 3 heteroatoms. The highest BCUT2D eigenvalue weighted by atomic mass is 16.5. The highest BCUT2D eigenvalue weighted by Gasteiger charge is 2.41. The van der Waals surface area contributed by atoms with Gasteiger partial charge in [0.25, 0.3) is 0 Å². The van der Waals surface area contributed by atoms with E-state index >= 15 is 0 Å². The maximum Gasteiger partial charge on any atom is 0.117 e. The van der Waals surface area contributed by atoms with Crippen molar-refractivity contribution < 1.29 is 9.84 Å². The molecular formula is C13H19NO2. The lowest BCUT2D eigenvalue weighted by molar-refractivity contribution is -0.123. The Morgan fingerprint density at radius 3 is 3.00 bits per heavy atom. The molecule has 1 saturated carbocycles. The molecule has 0 amide bonds. The Morgan fingerprint density at radius 1 is 1.50 bits per heavy atom. The number of aromatic nitrogens is 1. The van der Waals surface area contributed by atoms with Crippen molar-refractivity contribution in [2.45, 2.75) is 44.3 Å². The monoisotopic (exact) mass is 221 g/mol. The maximum atomic E-state index is 10.8. The third-order valence-corrected chi connectivity index (χ3v) is 3.60. The van der Waals surface area contributed by atoms with E-state index in [1.807, 2.05) is 13.0 Å². The third kappa shape index (κ3) is 1.85. The molecule has 2 atom stereocenters. The van der Waals surface area contributed by atoms with Crippen LogP contribution >= 0.6 is 0 Å². The van der Waals surface area contributed by atoms with Gasteiger partial charge in [0.15, 0.2) is 0 Å². The summed E-state index contributed by atoms with van der Waals surface area (Å²) in [5.41, 5.74) is 1.15. The largest absolute Gasteiger partial charge is 0.382 e. The van der Waals surface area contributed by atoms with Crippen molar-refractivity contribution >= 4 is 0 Å². The molecule has 0 aromatic carbocycles. The number of hydrogen-bond donors (Lipinski definition) is 1. The third-order valence-electron chi connectivity index (χ3n) is 3.60. The standard InChI is InChI=1S/C13H19NO2/c1-10-6-8-14-9-11(10)13(15)7-4-3-5-12(13)16-2/h6,8-9,12,15H,3-5,7H2,1-2H3. The molecule has 2 rings (SSSR count). The van der Waals surface area contributed by atoms with Crippen LogP contribution in [0.1, 0.15) is 36.8 Å². The van der Waals surface area contributed by atoms with E-state index < -0.39 is 5.60 Å². The Kier molecular flexibility index (Phi) is 3.26. The lowest BCUT2D eigenvalue weighted by atomic mass is 9.76. The minimum atomic E-state index is -0.856. The van der Waals surface area contributed by atoms with Crippen molar-refractivity contribution in [3.05, 3.63) is 29.6 Å². The minimum Gasteiger partial charge on any atom is -0.382 e. The molecule has 1 aromatic rings. The fraction of sp³-hybridized carbons (Fsp3) is 0.615. The van der Waals surface area contributed by atoms with Gasteiger partial charge >= 0.3 is 0 Å².